The molecular weight excluding hydrogens is 288 g/mol. The van der Waals surface area contributed by atoms with Gasteiger partial charge in [-0.15, -0.1) is 0 Å². The van der Waals surface area contributed by atoms with E-state index < -0.39 is 8.07 Å². The number of ether oxygens (including phenoxy) is 1. The van der Waals surface area contributed by atoms with Crippen LogP contribution in [0.1, 0.15) is 12.5 Å². The summed E-state index contributed by atoms with van der Waals surface area (Å²) in [6.07, 6.45) is 1.85. The van der Waals surface area contributed by atoms with Crippen LogP contribution in [0.5, 0.6) is 0 Å². The maximum absolute atomic E-state index is 10.1. The Morgan fingerprint density at radius 3 is 2.18 bits per heavy atom. The van der Waals surface area contributed by atoms with Crippen LogP contribution in [0.4, 0.5) is 0 Å². The van der Waals surface area contributed by atoms with Crippen LogP contribution in [-0.2, 0) is 11.3 Å². The molecule has 2 aromatic carbocycles. The summed E-state index contributed by atoms with van der Waals surface area (Å²) in [4.78, 5) is 0. The van der Waals surface area contributed by atoms with Crippen molar-refractivity contribution in [2.45, 2.75) is 32.2 Å². The molecule has 0 aromatic heterocycles. The molecule has 0 heterocycles. The lowest BCUT2D eigenvalue weighted by atomic mass is 10.2. The van der Waals surface area contributed by atoms with Crippen LogP contribution in [0.2, 0.25) is 18.6 Å². The van der Waals surface area contributed by atoms with Gasteiger partial charge in [0.05, 0.1) is 8.07 Å². The van der Waals surface area contributed by atoms with E-state index in [4.69, 9.17) is 4.74 Å². The van der Waals surface area contributed by atoms with Gasteiger partial charge in [0.1, 0.15) is 6.61 Å². The third-order valence-corrected chi connectivity index (χ3v) is 8.54. The fraction of sp³-hybridized carbons (Fsp3) is 0.263. The molecule has 22 heavy (non-hydrogen) atoms. The van der Waals surface area contributed by atoms with Crippen LogP contribution in [0.15, 0.2) is 72.7 Å². The first-order valence-electron chi connectivity index (χ1n) is 7.63. The normalized spacial score (nSPS) is 13.7. The molecule has 0 aliphatic carbocycles. The van der Waals surface area contributed by atoms with Gasteiger partial charge < -0.3 is 9.84 Å². The van der Waals surface area contributed by atoms with E-state index in [-0.39, 0.29) is 11.5 Å². The Bertz CT molecular complexity index is 606. The quantitative estimate of drug-likeness (QED) is 0.623. The molecule has 0 spiro atoms. The molecule has 0 bridgehead atoms. The molecule has 0 aliphatic heterocycles. The van der Waals surface area contributed by atoms with E-state index in [1.54, 1.807) is 0 Å². The highest BCUT2D eigenvalue weighted by Gasteiger charge is 2.29. The lowest BCUT2D eigenvalue weighted by Crippen LogP contribution is -2.44. The molecular formula is C19H24O2Si. The first-order chi connectivity index (χ1) is 10.5. The predicted octanol–water partition coefficient (Wildman–Crippen LogP) is 4.61. The Hall–Kier alpha value is -2.00. The van der Waals surface area contributed by atoms with Crippen molar-refractivity contribution >= 4 is 13.3 Å². The van der Waals surface area contributed by atoms with Crippen molar-refractivity contribution < 1.29 is 9.84 Å². The van der Waals surface area contributed by atoms with Crippen molar-refractivity contribution in [3.05, 3.63) is 78.2 Å². The Kier molecular flexibility index (Phi) is 5.44. The predicted molar refractivity (Wildman–Crippen MR) is 94.9 cm³/mol. The molecule has 1 atom stereocenters. The monoisotopic (exact) mass is 312 g/mol. The Morgan fingerprint density at radius 2 is 1.59 bits per heavy atom. The number of rotatable bonds is 6. The van der Waals surface area contributed by atoms with Crippen LogP contribution in [-0.4, -0.2) is 13.2 Å². The molecule has 2 aromatic rings. The van der Waals surface area contributed by atoms with Crippen molar-refractivity contribution in [2.75, 3.05) is 0 Å². The molecule has 2 rings (SSSR count). The summed E-state index contributed by atoms with van der Waals surface area (Å²) < 4.78 is 5.47. The highest BCUT2D eigenvalue weighted by atomic mass is 28.3. The van der Waals surface area contributed by atoms with Gasteiger partial charge >= 0.3 is 0 Å². The molecule has 0 amide bonds. The molecule has 0 saturated carbocycles. The molecule has 1 unspecified atom stereocenters. The number of hydrogen-bond acceptors (Lipinski definition) is 2. The Balaban J connectivity index is 2.01. The number of aliphatic hydroxyl groups is 1. The first kappa shape index (κ1) is 16.4. The van der Waals surface area contributed by atoms with Crippen LogP contribution in [0.25, 0.3) is 0 Å². The maximum Gasteiger partial charge on any atom is 0.272 e. The molecule has 0 fully saturated rings. The molecule has 2 nitrogen and oxygen atoms in total. The van der Waals surface area contributed by atoms with Gasteiger partial charge in [-0.25, -0.2) is 0 Å². The molecule has 0 aliphatic rings. The number of benzene rings is 2. The topological polar surface area (TPSA) is 29.5 Å². The SMILES string of the molecule is CC(/C=C(/O)OCc1ccccc1)[Si](C)(C)c1ccccc1. The van der Waals surface area contributed by atoms with Crippen molar-refractivity contribution in [3.63, 3.8) is 0 Å². The van der Waals surface area contributed by atoms with Crippen LogP contribution in [0.3, 0.4) is 0 Å². The van der Waals surface area contributed by atoms with Gasteiger partial charge in [0, 0.05) is 0 Å². The molecule has 3 heteroatoms. The van der Waals surface area contributed by atoms with E-state index in [0.29, 0.717) is 6.61 Å². The highest BCUT2D eigenvalue weighted by Crippen LogP contribution is 2.24. The smallest absolute Gasteiger partial charge is 0.272 e. The van der Waals surface area contributed by atoms with Crippen LogP contribution >= 0.6 is 0 Å². The zero-order valence-electron chi connectivity index (χ0n) is 13.5. The second-order valence-corrected chi connectivity index (χ2v) is 11.1. The number of aliphatic hydroxyl groups excluding tert-OH is 1. The van der Waals surface area contributed by atoms with Crippen molar-refractivity contribution in [3.8, 4) is 0 Å². The van der Waals surface area contributed by atoms with Gasteiger partial charge in [-0.2, -0.15) is 0 Å². The van der Waals surface area contributed by atoms with Gasteiger partial charge in [-0.3, -0.25) is 0 Å². The average molecular weight is 312 g/mol. The van der Waals surface area contributed by atoms with Gasteiger partial charge in [-0.1, -0.05) is 85.9 Å². The zero-order valence-corrected chi connectivity index (χ0v) is 14.5. The van der Waals surface area contributed by atoms with Crippen LogP contribution in [0, 0.1) is 0 Å². The van der Waals surface area contributed by atoms with Gasteiger partial charge in [0.2, 0.25) is 0 Å². The fourth-order valence-electron chi connectivity index (χ4n) is 2.33. The van der Waals surface area contributed by atoms with E-state index in [2.05, 4.69) is 44.3 Å². The minimum absolute atomic E-state index is 0.0212. The summed E-state index contributed by atoms with van der Waals surface area (Å²) in [5, 5.41) is 11.4. The maximum atomic E-state index is 10.1. The summed E-state index contributed by atoms with van der Waals surface area (Å²) in [5.41, 5.74) is 1.33. The minimum Gasteiger partial charge on any atom is -0.481 e. The summed E-state index contributed by atoms with van der Waals surface area (Å²) >= 11 is 0. The van der Waals surface area contributed by atoms with Crippen molar-refractivity contribution in [1.82, 2.24) is 0 Å². The largest absolute Gasteiger partial charge is 0.481 e. The number of allylic oxidation sites excluding steroid dienone is 1. The van der Waals surface area contributed by atoms with Gasteiger partial charge in [-0.05, 0) is 17.2 Å². The minimum atomic E-state index is -1.67. The van der Waals surface area contributed by atoms with E-state index in [9.17, 15) is 5.11 Å². The summed E-state index contributed by atoms with van der Waals surface area (Å²) in [7, 11) is -1.67. The fourth-order valence-corrected chi connectivity index (χ4v) is 4.47. The second kappa shape index (κ2) is 7.32. The standard InChI is InChI=1S/C19H24O2Si/c1-16(22(2,3)18-12-8-5-9-13-18)14-19(20)21-15-17-10-6-4-7-11-17/h4-14,16,20H,15H2,1-3H3/b19-14-. The molecule has 116 valence electrons. The summed E-state index contributed by atoms with van der Waals surface area (Å²) in [5.74, 6) is 0.0212. The zero-order chi connectivity index (χ0) is 16.0. The van der Waals surface area contributed by atoms with Crippen molar-refractivity contribution in [2.24, 2.45) is 0 Å². The first-order valence-corrected chi connectivity index (χ1v) is 10.7. The van der Waals surface area contributed by atoms with Gasteiger partial charge in [0.15, 0.2) is 0 Å². The lowest BCUT2D eigenvalue weighted by molar-refractivity contribution is 0.0815. The summed E-state index contributed by atoms with van der Waals surface area (Å²) in [6, 6.07) is 20.4. The third kappa shape index (κ3) is 4.24. The van der Waals surface area contributed by atoms with Crippen molar-refractivity contribution in [1.29, 1.82) is 0 Å². The van der Waals surface area contributed by atoms with E-state index in [1.807, 2.05) is 42.5 Å². The average Bonchev–Trinajstić information content (AvgIpc) is 2.54. The van der Waals surface area contributed by atoms with Crippen LogP contribution < -0.4 is 5.19 Å². The second-order valence-electron chi connectivity index (χ2n) is 6.16. The third-order valence-electron chi connectivity index (χ3n) is 4.28. The molecule has 1 N–H and O–H groups in total. The molecule has 0 radical (unpaired) electrons. The van der Waals surface area contributed by atoms with E-state index in [0.717, 1.165) is 5.56 Å². The molecule has 0 saturated heterocycles. The Morgan fingerprint density at radius 1 is 1.05 bits per heavy atom. The highest BCUT2D eigenvalue weighted by molar-refractivity contribution is 6.91. The summed E-state index contributed by atoms with van der Waals surface area (Å²) in [6.45, 7) is 7.17. The van der Waals surface area contributed by atoms with E-state index in [1.165, 1.54) is 5.19 Å². The lowest BCUT2D eigenvalue weighted by Gasteiger charge is -2.28. The van der Waals surface area contributed by atoms with E-state index >= 15 is 0 Å². The van der Waals surface area contributed by atoms with Gasteiger partial charge in [0.25, 0.3) is 5.95 Å². The number of hydrogen-bond donors (Lipinski definition) is 1. The Labute approximate surface area is 134 Å².